The highest BCUT2D eigenvalue weighted by Crippen LogP contribution is 2.33. The molecular formula is C13H9F3N4OS. The number of rotatable bonds is 2. The molecule has 0 saturated carbocycles. The SMILES string of the molecule is Cc1cnc2ccc(NC(=O)c3scnc3C(F)(F)F)cn12. The van der Waals surface area contributed by atoms with Crippen molar-refractivity contribution in [2.75, 3.05) is 5.32 Å². The van der Waals surface area contributed by atoms with Crippen molar-refractivity contribution < 1.29 is 18.0 Å². The minimum atomic E-state index is -4.66. The molecule has 0 bridgehead atoms. The van der Waals surface area contributed by atoms with Gasteiger partial charge in [0.15, 0.2) is 5.69 Å². The maximum atomic E-state index is 12.8. The lowest BCUT2D eigenvalue weighted by Gasteiger charge is -2.08. The molecule has 1 amide bonds. The highest BCUT2D eigenvalue weighted by atomic mass is 32.1. The van der Waals surface area contributed by atoms with E-state index in [2.05, 4.69) is 15.3 Å². The molecule has 0 spiro atoms. The minimum Gasteiger partial charge on any atom is -0.320 e. The molecular weight excluding hydrogens is 317 g/mol. The van der Waals surface area contributed by atoms with E-state index in [1.54, 1.807) is 28.9 Å². The van der Waals surface area contributed by atoms with Gasteiger partial charge in [-0.3, -0.25) is 4.79 Å². The van der Waals surface area contributed by atoms with Gasteiger partial charge in [0.05, 0.1) is 11.2 Å². The van der Waals surface area contributed by atoms with E-state index in [-0.39, 0.29) is 0 Å². The Bertz CT molecular complexity index is 852. The second-order valence-electron chi connectivity index (χ2n) is 4.53. The van der Waals surface area contributed by atoms with Gasteiger partial charge in [0, 0.05) is 18.1 Å². The molecule has 1 N–H and O–H groups in total. The first-order valence-electron chi connectivity index (χ1n) is 6.12. The van der Waals surface area contributed by atoms with E-state index in [4.69, 9.17) is 0 Å². The summed E-state index contributed by atoms with van der Waals surface area (Å²) in [5.74, 6) is -0.841. The van der Waals surface area contributed by atoms with Gasteiger partial charge in [-0.05, 0) is 19.1 Å². The molecule has 114 valence electrons. The molecule has 5 nitrogen and oxygen atoms in total. The van der Waals surface area contributed by atoms with Crippen molar-refractivity contribution in [2.24, 2.45) is 0 Å². The summed E-state index contributed by atoms with van der Waals surface area (Å²) in [6.07, 6.45) is -1.40. The predicted molar refractivity (Wildman–Crippen MR) is 75.0 cm³/mol. The van der Waals surface area contributed by atoms with E-state index in [0.717, 1.165) is 11.2 Å². The van der Waals surface area contributed by atoms with Crippen LogP contribution in [0.1, 0.15) is 21.1 Å². The second-order valence-corrected chi connectivity index (χ2v) is 5.38. The van der Waals surface area contributed by atoms with Gasteiger partial charge in [-0.15, -0.1) is 11.3 Å². The molecule has 0 aliphatic rings. The number of imidazole rings is 1. The van der Waals surface area contributed by atoms with Gasteiger partial charge in [0.1, 0.15) is 10.5 Å². The van der Waals surface area contributed by atoms with Gasteiger partial charge >= 0.3 is 6.18 Å². The molecule has 3 aromatic heterocycles. The number of amides is 1. The van der Waals surface area contributed by atoms with Gasteiger partial charge in [0.25, 0.3) is 5.91 Å². The van der Waals surface area contributed by atoms with Gasteiger partial charge < -0.3 is 9.72 Å². The van der Waals surface area contributed by atoms with Gasteiger partial charge in [-0.2, -0.15) is 13.2 Å². The molecule has 0 radical (unpaired) electrons. The minimum absolute atomic E-state index is 0.375. The molecule has 3 aromatic rings. The van der Waals surface area contributed by atoms with E-state index in [0.29, 0.717) is 22.7 Å². The first-order chi connectivity index (χ1) is 10.4. The number of thiazole rings is 1. The van der Waals surface area contributed by atoms with Crippen LogP contribution in [0.25, 0.3) is 5.65 Å². The Labute approximate surface area is 126 Å². The van der Waals surface area contributed by atoms with Crippen LogP contribution >= 0.6 is 11.3 Å². The average molecular weight is 326 g/mol. The van der Waals surface area contributed by atoms with Crippen LogP contribution in [0.3, 0.4) is 0 Å². The number of carbonyl (C=O) groups is 1. The zero-order chi connectivity index (χ0) is 15.9. The van der Waals surface area contributed by atoms with Gasteiger partial charge in [0.2, 0.25) is 0 Å². The summed E-state index contributed by atoms with van der Waals surface area (Å²) in [7, 11) is 0. The summed E-state index contributed by atoms with van der Waals surface area (Å²) >= 11 is 0.650. The fraction of sp³-hybridized carbons (Fsp3) is 0.154. The highest BCUT2D eigenvalue weighted by molar-refractivity contribution is 7.12. The van der Waals surface area contributed by atoms with E-state index in [9.17, 15) is 18.0 Å². The van der Waals surface area contributed by atoms with E-state index in [1.165, 1.54) is 0 Å². The number of aromatic nitrogens is 3. The van der Waals surface area contributed by atoms with Crippen molar-refractivity contribution in [3.63, 3.8) is 0 Å². The van der Waals surface area contributed by atoms with Crippen LogP contribution in [0.5, 0.6) is 0 Å². The van der Waals surface area contributed by atoms with Crippen LogP contribution in [0.2, 0.25) is 0 Å². The molecule has 0 aliphatic heterocycles. The number of halogens is 3. The fourth-order valence-corrected chi connectivity index (χ4v) is 2.68. The topological polar surface area (TPSA) is 59.3 Å². The first kappa shape index (κ1) is 14.5. The quantitative estimate of drug-likeness (QED) is 0.785. The molecule has 3 rings (SSSR count). The zero-order valence-corrected chi connectivity index (χ0v) is 12.0. The van der Waals surface area contributed by atoms with Crippen molar-refractivity contribution >= 4 is 28.6 Å². The fourth-order valence-electron chi connectivity index (χ4n) is 1.97. The number of aryl methyl sites for hydroxylation is 1. The molecule has 22 heavy (non-hydrogen) atoms. The van der Waals surface area contributed by atoms with Crippen LogP contribution in [0, 0.1) is 6.92 Å². The summed E-state index contributed by atoms with van der Waals surface area (Å²) in [5.41, 5.74) is 1.74. The Hall–Kier alpha value is -2.42. The highest BCUT2D eigenvalue weighted by Gasteiger charge is 2.38. The van der Waals surface area contributed by atoms with E-state index < -0.39 is 22.7 Å². The van der Waals surface area contributed by atoms with E-state index >= 15 is 0 Å². The third kappa shape index (κ3) is 2.54. The maximum absolute atomic E-state index is 12.8. The summed E-state index contributed by atoms with van der Waals surface area (Å²) in [4.78, 5) is 18.9. The lowest BCUT2D eigenvalue weighted by molar-refractivity contribution is -0.141. The molecule has 9 heteroatoms. The monoisotopic (exact) mass is 326 g/mol. The van der Waals surface area contributed by atoms with Crippen LogP contribution in [0.15, 0.2) is 30.0 Å². The number of hydrogen-bond acceptors (Lipinski definition) is 4. The van der Waals surface area contributed by atoms with Gasteiger partial charge in [-0.25, -0.2) is 9.97 Å². The molecule has 0 atom stereocenters. The smallest absolute Gasteiger partial charge is 0.320 e. The number of hydrogen-bond donors (Lipinski definition) is 1. The third-order valence-corrected chi connectivity index (χ3v) is 3.82. The van der Waals surface area contributed by atoms with Crippen LogP contribution < -0.4 is 5.32 Å². The summed E-state index contributed by atoms with van der Waals surface area (Å²) in [6.45, 7) is 1.83. The van der Waals surface area contributed by atoms with Crippen molar-refractivity contribution in [1.82, 2.24) is 14.4 Å². The Morgan fingerprint density at radius 3 is 2.82 bits per heavy atom. The Morgan fingerprint density at radius 2 is 2.09 bits per heavy atom. The predicted octanol–water partition coefficient (Wildman–Crippen LogP) is 3.37. The van der Waals surface area contributed by atoms with Crippen molar-refractivity contribution in [2.45, 2.75) is 13.1 Å². The van der Waals surface area contributed by atoms with Crippen LogP contribution in [0.4, 0.5) is 18.9 Å². The molecule has 3 heterocycles. The number of fused-ring (bicyclic) bond motifs is 1. The van der Waals surface area contributed by atoms with Crippen molar-refractivity contribution in [1.29, 1.82) is 0 Å². The molecule has 0 saturated heterocycles. The Kier molecular flexibility index (Phi) is 3.36. The normalized spacial score (nSPS) is 11.8. The molecule has 0 aromatic carbocycles. The number of carbonyl (C=O) groups excluding carboxylic acids is 1. The molecule has 0 unspecified atom stereocenters. The number of alkyl halides is 3. The standard InChI is InChI=1S/C13H9F3N4OS/c1-7-4-17-9-3-2-8(5-20(7)9)19-12(21)10-11(13(14,15)16)18-6-22-10/h2-6H,1H3,(H,19,21). The number of anilines is 1. The Morgan fingerprint density at radius 1 is 1.32 bits per heavy atom. The van der Waals surface area contributed by atoms with Crippen molar-refractivity contribution in [3.8, 4) is 0 Å². The lowest BCUT2D eigenvalue weighted by atomic mass is 10.3. The summed E-state index contributed by atoms with van der Waals surface area (Å²) < 4.78 is 40.0. The van der Waals surface area contributed by atoms with Crippen molar-refractivity contribution in [3.05, 3.63) is 46.3 Å². The average Bonchev–Trinajstić information content (AvgIpc) is 3.06. The van der Waals surface area contributed by atoms with Crippen LogP contribution in [-0.4, -0.2) is 20.3 Å². The molecule has 0 aliphatic carbocycles. The number of pyridine rings is 1. The Balaban J connectivity index is 1.90. The maximum Gasteiger partial charge on any atom is 0.434 e. The largest absolute Gasteiger partial charge is 0.434 e. The molecule has 0 fully saturated rings. The van der Waals surface area contributed by atoms with Crippen LogP contribution in [-0.2, 0) is 6.18 Å². The third-order valence-electron chi connectivity index (χ3n) is 2.99. The number of nitrogens with one attached hydrogen (secondary N) is 1. The first-order valence-corrected chi connectivity index (χ1v) is 7.00. The van der Waals surface area contributed by atoms with E-state index in [1.807, 2.05) is 6.92 Å². The number of nitrogens with zero attached hydrogens (tertiary/aromatic N) is 3. The summed E-state index contributed by atoms with van der Waals surface area (Å²) in [6, 6.07) is 3.24. The van der Waals surface area contributed by atoms with Gasteiger partial charge in [-0.1, -0.05) is 0 Å². The zero-order valence-electron chi connectivity index (χ0n) is 11.2. The second kappa shape index (κ2) is 5.09. The lowest BCUT2D eigenvalue weighted by Crippen LogP contribution is -2.17. The summed E-state index contributed by atoms with van der Waals surface area (Å²) in [5, 5.41) is 2.45.